The molecule has 9 nitrogen and oxygen atoms in total. The monoisotopic (exact) mass is 603 g/mol. The molecule has 2 aromatic carbocycles. The third-order valence-corrected chi connectivity index (χ3v) is 8.92. The Kier molecular flexibility index (Phi) is 8.63. The summed E-state index contributed by atoms with van der Waals surface area (Å²) in [5.41, 5.74) is 3.59. The van der Waals surface area contributed by atoms with E-state index in [1.54, 1.807) is 19.9 Å². The van der Waals surface area contributed by atoms with Crippen molar-refractivity contribution in [2.45, 2.75) is 70.5 Å². The minimum absolute atomic E-state index is 0.101. The van der Waals surface area contributed by atoms with Crippen LogP contribution in [0.4, 0.5) is 0 Å². The summed E-state index contributed by atoms with van der Waals surface area (Å²) in [7, 11) is -1.38. The predicted octanol–water partition coefficient (Wildman–Crippen LogP) is 4.23. The van der Waals surface area contributed by atoms with Crippen LogP contribution in [0.5, 0.6) is 11.5 Å². The standard InChI is InChI=1S/C33H37N3O6S/c1-32(2,3)43(40)36-19-24-17-25(31(38)34-18-22-9-10-27-28(16-22)42-20-41-27)35-30(29(24)26(36)12-14-37)23-8-6-7-21(15-23)11-13-33(4,5)39/h6-10,15-17,26,37,39H,12,14,18-20H2,1-5H3,(H,34,38)/t26-,43?/m0/s1. The number of benzene rings is 2. The first-order valence-electron chi connectivity index (χ1n) is 14.2. The Balaban J connectivity index is 1.55. The van der Waals surface area contributed by atoms with E-state index in [1.807, 2.05) is 67.5 Å². The highest BCUT2D eigenvalue weighted by molar-refractivity contribution is 7.84. The second kappa shape index (κ2) is 12.1. The van der Waals surface area contributed by atoms with Gasteiger partial charge >= 0.3 is 0 Å². The average molecular weight is 604 g/mol. The molecule has 1 aromatic heterocycles. The van der Waals surface area contributed by atoms with E-state index in [0.717, 1.165) is 22.3 Å². The summed E-state index contributed by atoms with van der Waals surface area (Å²) in [6.07, 6.45) is 0.358. The molecule has 5 rings (SSSR count). The number of hydrogen-bond acceptors (Lipinski definition) is 7. The summed E-state index contributed by atoms with van der Waals surface area (Å²) in [5.74, 6) is 6.81. The van der Waals surface area contributed by atoms with E-state index in [9.17, 15) is 19.2 Å². The summed E-state index contributed by atoms with van der Waals surface area (Å²) in [6, 6.07) is 14.4. The van der Waals surface area contributed by atoms with E-state index >= 15 is 0 Å². The van der Waals surface area contributed by atoms with E-state index in [-0.39, 0.29) is 37.6 Å². The summed E-state index contributed by atoms with van der Waals surface area (Å²) in [5, 5.41) is 23.1. The first-order valence-corrected chi connectivity index (χ1v) is 15.3. The fourth-order valence-corrected chi connectivity index (χ4v) is 6.50. The highest BCUT2D eigenvalue weighted by atomic mass is 32.2. The lowest BCUT2D eigenvalue weighted by Gasteiger charge is -2.30. The lowest BCUT2D eigenvalue weighted by atomic mass is 9.95. The minimum Gasteiger partial charge on any atom is -0.454 e. The number of aromatic nitrogens is 1. The van der Waals surface area contributed by atoms with Gasteiger partial charge < -0.3 is 25.0 Å². The molecule has 3 aromatic rings. The van der Waals surface area contributed by atoms with Gasteiger partial charge in [0.1, 0.15) is 22.3 Å². The van der Waals surface area contributed by atoms with E-state index in [1.165, 1.54) is 0 Å². The van der Waals surface area contributed by atoms with Gasteiger partial charge in [-0.2, -0.15) is 0 Å². The molecule has 0 fully saturated rings. The van der Waals surface area contributed by atoms with Crippen LogP contribution in [-0.4, -0.2) is 53.4 Å². The van der Waals surface area contributed by atoms with Gasteiger partial charge in [-0.05, 0) is 82.5 Å². The van der Waals surface area contributed by atoms with Crippen molar-refractivity contribution in [1.82, 2.24) is 14.6 Å². The second-order valence-corrected chi connectivity index (χ2v) is 14.3. The normalized spacial score (nSPS) is 16.8. The highest BCUT2D eigenvalue weighted by Crippen LogP contribution is 2.44. The number of nitrogens with one attached hydrogen (secondary N) is 1. The van der Waals surface area contributed by atoms with Crippen LogP contribution in [0.15, 0.2) is 48.5 Å². The van der Waals surface area contributed by atoms with Gasteiger partial charge in [-0.3, -0.25) is 4.79 Å². The van der Waals surface area contributed by atoms with Gasteiger partial charge in [0.2, 0.25) is 6.79 Å². The maximum absolute atomic E-state index is 13.7. The Hall–Kier alpha value is -3.75. The van der Waals surface area contributed by atoms with E-state index in [0.29, 0.717) is 35.7 Å². The minimum atomic E-state index is -1.38. The molecule has 0 aliphatic carbocycles. The molecule has 0 bridgehead atoms. The number of pyridine rings is 1. The molecule has 1 unspecified atom stereocenters. The Morgan fingerprint density at radius 1 is 1.12 bits per heavy atom. The number of aliphatic hydroxyl groups excluding tert-OH is 1. The molecule has 10 heteroatoms. The van der Waals surface area contributed by atoms with Gasteiger partial charge in [0.15, 0.2) is 11.5 Å². The molecule has 0 saturated carbocycles. The van der Waals surface area contributed by atoms with Crippen LogP contribution in [0.2, 0.25) is 0 Å². The molecule has 0 radical (unpaired) electrons. The van der Waals surface area contributed by atoms with Gasteiger partial charge in [0, 0.05) is 36.4 Å². The van der Waals surface area contributed by atoms with Crippen molar-refractivity contribution >= 4 is 16.9 Å². The molecule has 2 atom stereocenters. The van der Waals surface area contributed by atoms with Crippen LogP contribution in [0.3, 0.4) is 0 Å². The first kappa shape index (κ1) is 30.7. The average Bonchev–Trinajstić information content (AvgIpc) is 3.57. The summed E-state index contributed by atoms with van der Waals surface area (Å²) in [4.78, 5) is 18.4. The molecule has 3 N–H and O–H groups in total. The highest BCUT2D eigenvalue weighted by Gasteiger charge is 2.40. The molecule has 1 amide bonds. The number of ether oxygens (including phenoxy) is 2. The molecular weight excluding hydrogens is 566 g/mol. The van der Waals surface area contributed by atoms with Gasteiger partial charge in [-0.1, -0.05) is 30.0 Å². The Labute approximate surface area is 254 Å². The predicted molar refractivity (Wildman–Crippen MR) is 164 cm³/mol. The van der Waals surface area contributed by atoms with Crippen LogP contribution in [0.25, 0.3) is 11.3 Å². The quantitative estimate of drug-likeness (QED) is 0.346. The molecule has 226 valence electrons. The van der Waals surface area contributed by atoms with Crippen molar-refractivity contribution in [3.63, 3.8) is 0 Å². The molecule has 2 aliphatic rings. The fourth-order valence-electron chi connectivity index (χ4n) is 5.10. The summed E-state index contributed by atoms with van der Waals surface area (Å²) < 4.78 is 25.8. The van der Waals surface area contributed by atoms with Crippen LogP contribution in [-0.2, 0) is 24.1 Å². The molecule has 2 aliphatic heterocycles. The maximum Gasteiger partial charge on any atom is 0.270 e. The number of carbonyl (C=O) groups excluding carboxylic acids is 1. The van der Waals surface area contributed by atoms with E-state index < -0.39 is 21.3 Å². The number of rotatable bonds is 7. The topological polar surface area (TPSA) is 121 Å². The fraction of sp³-hybridized carbons (Fsp3) is 0.394. The zero-order valence-electron chi connectivity index (χ0n) is 25.1. The van der Waals surface area contributed by atoms with Gasteiger partial charge in [-0.15, -0.1) is 0 Å². The molecular formula is C33H37N3O6S. The number of carbonyl (C=O) groups is 1. The van der Waals surface area contributed by atoms with Crippen molar-refractivity contribution in [2.24, 2.45) is 0 Å². The Bertz CT molecular complexity index is 1630. The molecule has 3 heterocycles. The van der Waals surface area contributed by atoms with Crippen molar-refractivity contribution < 1.29 is 28.7 Å². The van der Waals surface area contributed by atoms with Crippen LogP contribution >= 0.6 is 0 Å². The van der Waals surface area contributed by atoms with Crippen molar-refractivity contribution in [1.29, 1.82) is 0 Å². The zero-order chi connectivity index (χ0) is 30.9. The number of hydrogen-bond donors (Lipinski definition) is 3. The van der Waals surface area contributed by atoms with Crippen molar-refractivity contribution in [3.05, 3.63) is 76.5 Å². The first-order chi connectivity index (χ1) is 20.3. The third kappa shape index (κ3) is 6.92. The number of fused-ring (bicyclic) bond motifs is 2. The largest absolute Gasteiger partial charge is 0.454 e. The van der Waals surface area contributed by atoms with Crippen molar-refractivity contribution in [2.75, 3.05) is 13.4 Å². The van der Waals surface area contributed by atoms with E-state index in [2.05, 4.69) is 17.2 Å². The number of aliphatic hydroxyl groups is 2. The second-order valence-electron chi connectivity index (χ2n) is 12.2. The Morgan fingerprint density at radius 2 is 1.88 bits per heavy atom. The van der Waals surface area contributed by atoms with Gasteiger partial charge in [-0.25, -0.2) is 13.5 Å². The molecule has 0 saturated heterocycles. The smallest absolute Gasteiger partial charge is 0.270 e. The summed E-state index contributed by atoms with van der Waals surface area (Å²) in [6.45, 7) is 9.67. The molecule has 43 heavy (non-hydrogen) atoms. The van der Waals surface area contributed by atoms with Crippen LogP contribution in [0.1, 0.15) is 79.8 Å². The maximum atomic E-state index is 13.7. The zero-order valence-corrected chi connectivity index (χ0v) is 25.9. The SMILES string of the molecule is CC(C)(O)C#Cc1cccc(-c2nc(C(=O)NCc3ccc4c(c3)OCO4)cc3c2[C@H](CCO)N(S(=O)C(C)(C)C)C3)c1. The van der Waals surface area contributed by atoms with Crippen molar-refractivity contribution in [3.8, 4) is 34.6 Å². The number of amides is 1. The lowest BCUT2D eigenvalue weighted by Crippen LogP contribution is -2.36. The third-order valence-electron chi connectivity index (χ3n) is 7.06. The van der Waals surface area contributed by atoms with Gasteiger partial charge in [0.25, 0.3) is 5.91 Å². The van der Waals surface area contributed by atoms with Gasteiger partial charge in [0.05, 0.1) is 16.5 Å². The lowest BCUT2D eigenvalue weighted by molar-refractivity contribution is 0.0945. The number of nitrogens with zero attached hydrogens (tertiary/aromatic N) is 2. The van der Waals surface area contributed by atoms with Crippen LogP contribution < -0.4 is 14.8 Å². The molecule has 0 spiro atoms. The summed E-state index contributed by atoms with van der Waals surface area (Å²) >= 11 is 0. The van der Waals surface area contributed by atoms with E-state index in [4.69, 9.17) is 14.5 Å². The van der Waals surface area contributed by atoms with Crippen LogP contribution in [0, 0.1) is 11.8 Å². The Morgan fingerprint density at radius 3 is 2.60 bits per heavy atom.